The Morgan fingerprint density at radius 2 is 1.71 bits per heavy atom. The van der Waals surface area contributed by atoms with Crippen LogP contribution < -0.4 is 10.1 Å². The van der Waals surface area contributed by atoms with Crippen molar-refractivity contribution in [2.75, 3.05) is 18.5 Å². The number of ether oxygens (including phenoxy) is 1. The third kappa shape index (κ3) is 5.14. The summed E-state index contributed by atoms with van der Waals surface area (Å²) in [5.41, 5.74) is 2.47. The van der Waals surface area contributed by atoms with Crippen LogP contribution in [0.15, 0.2) is 54.6 Å². The molecule has 0 heterocycles. The summed E-state index contributed by atoms with van der Waals surface area (Å²) in [6, 6.07) is 18.8. The van der Waals surface area contributed by atoms with E-state index in [0.717, 1.165) is 24.6 Å². The first-order valence-electron chi connectivity index (χ1n) is 7.67. The molecule has 2 aromatic rings. The third-order valence-corrected chi connectivity index (χ3v) is 3.40. The van der Waals surface area contributed by atoms with Gasteiger partial charge in [-0.2, -0.15) is 0 Å². The highest BCUT2D eigenvalue weighted by Crippen LogP contribution is 2.20. The molecular formula is C19H25NO. The van der Waals surface area contributed by atoms with Crippen LogP contribution >= 0.6 is 0 Å². The number of anilines is 1. The van der Waals surface area contributed by atoms with E-state index >= 15 is 0 Å². The summed E-state index contributed by atoms with van der Waals surface area (Å²) in [5, 5.41) is 3.49. The minimum atomic E-state index is 0.478. The minimum Gasteiger partial charge on any atom is -0.493 e. The molecular weight excluding hydrogens is 258 g/mol. The standard InChI is InChI=1S/C19H25NO/c1-15(2)14-21-19-11-7-10-18(12-19)20-13-16(3)17-8-5-4-6-9-17/h4-12,15-16,20H,13-14H2,1-3H3. The summed E-state index contributed by atoms with van der Waals surface area (Å²) < 4.78 is 5.76. The zero-order chi connectivity index (χ0) is 15.1. The van der Waals surface area contributed by atoms with E-state index in [4.69, 9.17) is 4.74 Å². The smallest absolute Gasteiger partial charge is 0.121 e. The number of hydrogen-bond acceptors (Lipinski definition) is 2. The van der Waals surface area contributed by atoms with Crippen molar-refractivity contribution in [3.05, 3.63) is 60.2 Å². The molecule has 0 aliphatic heterocycles. The first-order valence-corrected chi connectivity index (χ1v) is 7.67. The van der Waals surface area contributed by atoms with Gasteiger partial charge >= 0.3 is 0 Å². The molecule has 2 nitrogen and oxygen atoms in total. The molecule has 21 heavy (non-hydrogen) atoms. The number of benzene rings is 2. The van der Waals surface area contributed by atoms with Gasteiger partial charge in [-0.15, -0.1) is 0 Å². The van der Waals surface area contributed by atoms with E-state index in [1.165, 1.54) is 5.56 Å². The van der Waals surface area contributed by atoms with Gasteiger partial charge in [0.2, 0.25) is 0 Å². The lowest BCUT2D eigenvalue weighted by molar-refractivity contribution is 0.271. The molecule has 2 rings (SSSR count). The largest absolute Gasteiger partial charge is 0.493 e. The van der Waals surface area contributed by atoms with Gasteiger partial charge in [-0.1, -0.05) is 57.2 Å². The second-order valence-corrected chi connectivity index (χ2v) is 5.93. The van der Waals surface area contributed by atoms with E-state index in [1.54, 1.807) is 0 Å². The lowest BCUT2D eigenvalue weighted by Crippen LogP contribution is -2.10. The van der Waals surface area contributed by atoms with Gasteiger partial charge in [0.05, 0.1) is 6.61 Å². The van der Waals surface area contributed by atoms with E-state index < -0.39 is 0 Å². The normalized spacial score (nSPS) is 12.2. The van der Waals surface area contributed by atoms with Crippen LogP contribution in [0, 0.1) is 5.92 Å². The van der Waals surface area contributed by atoms with Crippen molar-refractivity contribution in [3.63, 3.8) is 0 Å². The molecule has 1 unspecified atom stereocenters. The maximum atomic E-state index is 5.76. The highest BCUT2D eigenvalue weighted by atomic mass is 16.5. The van der Waals surface area contributed by atoms with Crippen LogP contribution in [0.25, 0.3) is 0 Å². The molecule has 2 heteroatoms. The predicted octanol–water partition coefficient (Wildman–Crippen LogP) is 4.94. The van der Waals surface area contributed by atoms with Crippen molar-refractivity contribution in [2.45, 2.75) is 26.7 Å². The Hall–Kier alpha value is -1.96. The second kappa shape index (κ2) is 7.72. The lowest BCUT2D eigenvalue weighted by atomic mass is 10.0. The van der Waals surface area contributed by atoms with E-state index in [9.17, 15) is 0 Å². The van der Waals surface area contributed by atoms with Crippen LogP contribution in [0.5, 0.6) is 5.75 Å². The van der Waals surface area contributed by atoms with Crippen LogP contribution in [-0.4, -0.2) is 13.2 Å². The average Bonchev–Trinajstić information content (AvgIpc) is 2.52. The van der Waals surface area contributed by atoms with Crippen molar-refractivity contribution < 1.29 is 4.74 Å². The molecule has 2 aromatic carbocycles. The zero-order valence-electron chi connectivity index (χ0n) is 13.2. The maximum absolute atomic E-state index is 5.76. The van der Waals surface area contributed by atoms with E-state index in [2.05, 4.69) is 68.6 Å². The van der Waals surface area contributed by atoms with Gasteiger partial charge in [-0.3, -0.25) is 0 Å². The first kappa shape index (κ1) is 15.4. The van der Waals surface area contributed by atoms with Gasteiger partial charge in [0.1, 0.15) is 5.75 Å². The second-order valence-electron chi connectivity index (χ2n) is 5.93. The van der Waals surface area contributed by atoms with Gasteiger partial charge in [0.25, 0.3) is 0 Å². The number of hydrogen-bond donors (Lipinski definition) is 1. The van der Waals surface area contributed by atoms with Crippen molar-refractivity contribution in [3.8, 4) is 5.75 Å². The van der Waals surface area contributed by atoms with E-state index in [0.29, 0.717) is 11.8 Å². The summed E-state index contributed by atoms with van der Waals surface area (Å²) in [6.07, 6.45) is 0. The summed E-state index contributed by atoms with van der Waals surface area (Å²) in [6.45, 7) is 8.22. The maximum Gasteiger partial charge on any atom is 0.121 e. The quantitative estimate of drug-likeness (QED) is 0.777. The monoisotopic (exact) mass is 283 g/mol. The molecule has 0 aliphatic carbocycles. The zero-order valence-corrected chi connectivity index (χ0v) is 13.2. The van der Waals surface area contributed by atoms with Crippen molar-refractivity contribution in [2.24, 2.45) is 5.92 Å². The highest BCUT2D eigenvalue weighted by Gasteiger charge is 2.05. The van der Waals surface area contributed by atoms with Crippen LogP contribution in [-0.2, 0) is 0 Å². The fraction of sp³-hybridized carbons (Fsp3) is 0.368. The minimum absolute atomic E-state index is 0.478. The Kier molecular flexibility index (Phi) is 5.68. The average molecular weight is 283 g/mol. The number of rotatable bonds is 7. The van der Waals surface area contributed by atoms with E-state index in [-0.39, 0.29) is 0 Å². The van der Waals surface area contributed by atoms with Crippen molar-refractivity contribution >= 4 is 5.69 Å². The molecule has 0 fully saturated rings. The van der Waals surface area contributed by atoms with Gasteiger partial charge in [0.15, 0.2) is 0 Å². The molecule has 0 saturated heterocycles. The van der Waals surface area contributed by atoms with Gasteiger partial charge in [-0.05, 0) is 29.5 Å². The molecule has 0 aliphatic rings. The summed E-state index contributed by atoms with van der Waals surface area (Å²) in [7, 11) is 0. The third-order valence-electron chi connectivity index (χ3n) is 3.40. The number of nitrogens with one attached hydrogen (secondary N) is 1. The Balaban J connectivity index is 1.89. The van der Waals surface area contributed by atoms with Crippen LogP contribution in [0.1, 0.15) is 32.3 Å². The fourth-order valence-corrected chi connectivity index (χ4v) is 2.13. The topological polar surface area (TPSA) is 21.3 Å². The van der Waals surface area contributed by atoms with Crippen LogP contribution in [0.3, 0.4) is 0 Å². The molecule has 0 saturated carbocycles. The summed E-state index contributed by atoms with van der Waals surface area (Å²) >= 11 is 0. The Bertz CT molecular complexity index is 536. The molecule has 1 atom stereocenters. The SMILES string of the molecule is CC(C)COc1cccc(NCC(C)c2ccccc2)c1. The Labute approximate surface area is 128 Å². The van der Waals surface area contributed by atoms with Crippen LogP contribution in [0.2, 0.25) is 0 Å². The Morgan fingerprint density at radius 1 is 0.952 bits per heavy atom. The van der Waals surface area contributed by atoms with Gasteiger partial charge in [0, 0.05) is 18.3 Å². The molecule has 0 spiro atoms. The Morgan fingerprint density at radius 3 is 2.43 bits per heavy atom. The summed E-state index contributed by atoms with van der Waals surface area (Å²) in [5.74, 6) is 1.95. The predicted molar refractivity (Wildman–Crippen MR) is 90.1 cm³/mol. The molecule has 1 N–H and O–H groups in total. The first-order chi connectivity index (χ1) is 10.1. The van der Waals surface area contributed by atoms with Gasteiger partial charge in [-0.25, -0.2) is 0 Å². The molecule has 0 radical (unpaired) electrons. The fourth-order valence-electron chi connectivity index (χ4n) is 2.13. The molecule has 0 amide bonds. The van der Waals surface area contributed by atoms with Crippen molar-refractivity contribution in [1.29, 1.82) is 0 Å². The van der Waals surface area contributed by atoms with Crippen LogP contribution in [0.4, 0.5) is 5.69 Å². The highest BCUT2D eigenvalue weighted by molar-refractivity contribution is 5.48. The molecule has 112 valence electrons. The molecule has 0 bridgehead atoms. The van der Waals surface area contributed by atoms with Gasteiger partial charge < -0.3 is 10.1 Å². The molecule has 0 aromatic heterocycles. The lowest BCUT2D eigenvalue weighted by Gasteiger charge is -2.15. The van der Waals surface area contributed by atoms with E-state index in [1.807, 2.05) is 12.1 Å². The van der Waals surface area contributed by atoms with Crippen molar-refractivity contribution in [1.82, 2.24) is 0 Å². The summed E-state index contributed by atoms with van der Waals surface area (Å²) in [4.78, 5) is 0.